The van der Waals surface area contributed by atoms with E-state index in [1.54, 1.807) is 0 Å². The van der Waals surface area contributed by atoms with Crippen LogP contribution >= 0.6 is 23.5 Å². The van der Waals surface area contributed by atoms with Gasteiger partial charge in [0.1, 0.15) is 21.0 Å². The van der Waals surface area contributed by atoms with Crippen molar-refractivity contribution < 1.29 is 0 Å². The molecule has 0 aromatic carbocycles. The zero-order chi connectivity index (χ0) is 10.6. The van der Waals surface area contributed by atoms with E-state index >= 15 is 0 Å². The Morgan fingerprint density at radius 1 is 0.571 bits per heavy atom. The van der Waals surface area contributed by atoms with Gasteiger partial charge in [-0.15, -0.1) is 23.5 Å². The number of nitrogens with zero attached hydrogens (tertiary/aromatic N) is 4. The highest BCUT2D eigenvalue weighted by Gasteiger charge is 2.39. The molecule has 0 bridgehead atoms. The van der Waals surface area contributed by atoms with Gasteiger partial charge >= 0.3 is 0 Å². The molecule has 1 saturated heterocycles. The van der Waals surface area contributed by atoms with Crippen LogP contribution in [0.15, 0.2) is 0 Å². The molecule has 0 saturated carbocycles. The normalized spacial score (nSPS) is 35.7. The van der Waals surface area contributed by atoms with Crippen molar-refractivity contribution in [3.8, 4) is 24.3 Å². The Balaban J connectivity index is 2.85. The summed E-state index contributed by atoms with van der Waals surface area (Å²) in [6.07, 6.45) is 0. The maximum atomic E-state index is 8.74. The van der Waals surface area contributed by atoms with E-state index in [1.807, 2.05) is 24.3 Å². The monoisotopic (exact) mass is 220 g/mol. The fraction of sp³-hybridized carbons (Fsp3) is 0.500. The topological polar surface area (TPSA) is 95.2 Å². The van der Waals surface area contributed by atoms with Crippen molar-refractivity contribution in [2.45, 2.75) is 21.0 Å². The minimum absolute atomic E-state index is 0.515. The minimum atomic E-state index is -0.515. The molecule has 0 aromatic heterocycles. The van der Waals surface area contributed by atoms with E-state index in [9.17, 15) is 0 Å². The van der Waals surface area contributed by atoms with Crippen LogP contribution in [0.2, 0.25) is 0 Å². The van der Waals surface area contributed by atoms with Crippen LogP contribution in [0, 0.1) is 45.3 Å². The average Bonchev–Trinajstić information content (AvgIpc) is 2.26. The summed E-state index contributed by atoms with van der Waals surface area (Å²) >= 11 is 2.22. The zero-order valence-corrected chi connectivity index (χ0v) is 8.55. The van der Waals surface area contributed by atoms with E-state index in [0.29, 0.717) is 0 Å². The van der Waals surface area contributed by atoms with E-state index in [0.717, 1.165) is 23.5 Å². The number of nitriles is 4. The Morgan fingerprint density at radius 2 is 0.786 bits per heavy atom. The summed E-state index contributed by atoms with van der Waals surface area (Å²) in [6, 6.07) is 7.89. The van der Waals surface area contributed by atoms with Crippen molar-refractivity contribution in [3.05, 3.63) is 0 Å². The predicted molar refractivity (Wildman–Crippen MR) is 52.8 cm³/mol. The summed E-state index contributed by atoms with van der Waals surface area (Å²) in [7, 11) is 0. The van der Waals surface area contributed by atoms with Gasteiger partial charge in [0.2, 0.25) is 0 Å². The van der Waals surface area contributed by atoms with Crippen LogP contribution in [-0.4, -0.2) is 21.0 Å². The number of thioether (sulfide) groups is 2. The maximum Gasteiger partial charge on any atom is 0.118 e. The summed E-state index contributed by atoms with van der Waals surface area (Å²) in [6.45, 7) is 0. The Hall–Kier alpha value is -1.34. The lowest BCUT2D eigenvalue weighted by molar-refractivity contribution is 1.01. The van der Waals surface area contributed by atoms with E-state index in [4.69, 9.17) is 21.0 Å². The largest absolute Gasteiger partial charge is 0.197 e. The molecule has 0 aromatic rings. The smallest absolute Gasteiger partial charge is 0.118 e. The molecule has 68 valence electrons. The summed E-state index contributed by atoms with van der Waals surface area (Å²) < 4.78 is 0. The first-order valence-corrected chi connectivity index (χ1v) is 5.54. The van der Waals surface area contributed by atoms with Gasteiger partial charge in [-0.1, -0.05) is 0 Å². The minimum Gasteiger partial charge on any atom is -0.197 e. The fourth-order valence-electron chi connectivity index (χ4n) is 0.994. The lowest BCUT2D eigenvalue weighted by atomic mass is 10.3. The van der Waals surface area contributed by atoms with E-state index in [2.05, 4.69) is 0 Å². The Bertz CT molecular complexity index is 306. The zero-order valence-electron chi connectivity index (χ0n) is 6.91. The standard InChI is InChI=1S/C8H4N4S2/c9-1-5-6(2-10)14-8(4-12)7(3-11)13-5/h5-8H. The Kier molecular flexibility index (Phi) is 3.66. The molecule has 0 amide bonds. The maximum absolute atomic E-state index is 8.74. The molecule has 1 heterocycles. The van der Waals surface area contributed by atoms with E-state index in [1.165, 1.54) is 0 Å². The highest BCUT2D eigenvalue weighted by molar-refractivity contribution is 8.08. The molecule has 6 heteroatoms. The third-order valence-corrected chi connectivity index (χ3v) is 4.67. The van der Waals surface area contributed by atoms with Crippen molar-refractivity contribution in [1.82, 2.24) is 0 Å². The van der Waals surface area contributed by atoms with Crippen molar-refractivity contribution in [1.29, 1.82) is 21.0 Å². The molecule has 0 aliphatic carbocycles. The second-order valence-corrected chi connectivity index (χ2v) is 5.05. The van der Waals surface area contributed by atoms with E-state index < -0.39 is 21.0 Å². The Morgan fingerprint density at radius 3 is 0.929 bits per heavy atom. The first-order chi connectivity index (χ1) is 6.76. The fourth-order valence-corrected chi connectivity index (χ4v) is 3.45. The molecule has 0 radical (unpaired) electrons. The van der Waals surface area contributed by atoms with Gasteiger partial charge in [-0.25, -0.2) is 0 Å². The molecular formula is C8H4N4S2. The van der Waals surface area contributed by atoms with Gasteiger partial charge < -0.3 is 0 Å². The molecule has 14 heavy (non-hydrogen) atoms. The molecule has 4 nitrogen and oxygen atoms in total. The quantitative estimate of drug-likeness (QED) is 0.605. The van der Waals surface area contributed by atoms with Crippen molar-refractivity contribution in [2.24, 2.45) is 0 Å². The summed E-state index contributed by atoms with van der Waals surface area (Å²) in [5.41, 5.74) is 0. The molecule has 1 fully saturated rings. The highest BCUT2D eigenvalue weighted by atomic mass is 32.2. The van der Waals surface area contributed by atoms with Gasteiger partial charge in [-0.2, -0.15) is 21.0 Å². The molecular weight excluding hydrogens is 216 g/mol. The summed E-state index contributed by atoms with van der Waals surface area (Å²) in [4.78, 5) is 0. The van der Waals surface area contributed by atoms with Gasteiger partial charge in [0, 0.05) is 0 Å². The van der Waals surface area contributed by atoms with Crippen LogP contribution in [-0.2, 0) is 0 Å². The number of hydrogen-bond donors (Lipinski definition) is 0. The van der Waals surface area contributed by atoms with Crippen LogP contribution in [0.4, 0.5) is 0 Å². The van der Waals surface area contributed by atoms with Crippen LogP contribution in [0.25, 0.3) is 0 Å². The van der Waals surface area contributed by atoms with Crippen LogP contribution < -0.4 is 0 Å². The third-order valence-electron chi connectivity index (χ3n) is 1.65. The molecule has 4 unspecified atom stereocenters. The molecule has 0 N–H and O–H groups in total. The highest BCUT2D eigenvalue weighted by Crippen LogP contribution is 2.40. The van der Waals surface area contributed by atoms with E-state index in [-0.39, 0.29) is 0 Å². The second kappa shape index (κ2) is 4.77. The van der Waals surface area contributed by atoms with Crippen LogP contribution in [0.3, 0.4) is 0 Å². The number of rotatable bonds is 0. The third kappa shape index (κ3) is 1.94. The van der Waals surface area contributed by atoms with Gasteiger partial charge in [-0.05, 0) is 0 Å². The average molecular weight is 220 g/mol. The molecule has 0 spiro atoms. The van der Waals surface area contributed by atoms with Gasteiger partial charge in [0.05, 0.1) is 24.3 Å². The lowest BCUT2D eigenvalue weighted by Crippen LogP contribution is -2.33. The summed E-state index contributed by atoms with van der Waals surface area (Å²) in [5.74, 6) is 0. The van der Waals surface area contributed by atoms with Crippen molar-refractivity contribution in [2.75, 3.05) is 0 Å². The number of hydrogen-bond acceptors (Lipinski definition) is 6. The molecule has 1 aliphatic heterocycles. The lowest BCUT2D eigenvalue weighted by Gasteiger charge is -2.27. The van der Waals surface area contributed by atoms with Crippen LogP contribution in [0.5, 0.6) is 0 Å². The molecule has 4 atom stereocenters. The van der Waals surface area contributed by atoms with Gasteiger partial charge in [-0.3, -0.25) is 0 Å². The molecule has 1 rings (SSSR count). The summed E-state index contributed by atoms with van der Waals surface area (Å²) in [5, 5.41) is 32.9. The van der Waals surface area contributed by atoms with Gasteiger partial charge in [0.15, 0.2) is 0 Å². The first-order valence-electron chi connectivity index (χ1n) is 3.66. The van der Waals surface area contributed by atoms with Gasteiger partial charge in [0.25, 0.3) is 0 Å². The van der Waals surface area contributed by atoms with Crippen molar-refractivity contribution >= 4 is 23.5 Å². The van der Waals surface area contributed by atoms with Crippen molar-refractivity contribution in [3.63, 3.8) is 0 Å². The molecule has 1 aliphatic rings. The first kappa shape index (κ1) is 10.7. The Labute approximate surface area is 90.1 Å². The second-order valence-electron chi connectivity index (χ2n) is 2.47. The van der Waals surface area contributed by atoms with Crippen LogP contribution in [0.1, 0.15) is 0 Å². The SMILES string of the molecule is N#CC1SC(C#N)C(C#N)SC1C#N. The predicted octanol–water partition coefficient (Wildman–Crippen LogP) is 1.04.